The summed E-state index contributed by atoms with van der Waals surface area (Å²) in [6.45, 7) is 1.90. The topological polar surface area (TPSA) is 17.1 Å². The van der Waals surface area contributed by atoms with Crippen LogP contribution in [0.25, 0.3) is 0 Å². The predicted molar refractivity (Wildman–Crippen MR) is 42.4 cm³/mol. The van der Waals surface area contributed by atoms with Gasteiger partial charge in [-0.05, 0) is 0 Å². The molecular weight excluding hydrogens is 140 g/mol. The average molecular weight is 148 g/mol. The van der Waals surface area contributed by atoms with Crippen LogP contribution in [0.3, 0.4) is 0 Å². The Labute approximate surface area is 62.9 Å². The lowest BCUT2D eigenvalue weighted by Gasteiger charge is -1.93. The maximum atomic E-state index is 11.0. The molecule has 0 atom stereocenters. The zero-order chi connectivity index (χ0) is 7.40. The van der Waals surface area contributed by atoms with Gasteiger partial charge in [-0.3, -0.25) is 0 Å². The maximum Gasteiger partial charge on any atom is 0.136 e. The number of hydrogen-bond acceptors (Lipinski definition) is 1. The molecule has 2 radical (unpaired) electrons. The Morgan fingerprint density at radius 3 is 2.40 bits per heavy atom. The first-order chi connectivity index (χ1) is 4.84. The molecule has 0 aliphatic carbocycles. The molecule has 0 N–H and O–H groups in total. The Bertz CT molecular complexity index is 218. The second-order valence-corrected chi connectivity index (χ2v) is 2.90. The summed E-state index contributed by atoms with van der Waals surface area (Å²) in [4.78, 5) is 11.0. The summed E-state index contributed by atoms with van der Waals surface area (Å²) in [6.07, 6.45) is 0. The van der Waals surface area contributed by atoms with E-state index in [1.54, 1.807) is 0 Å². The highest BCUT2D eigenvalue weighted by Gasteiger charge is 1.99. The molecule has 0 saturated heterocycles. The zero-order valence-electron chi connectivity index (χ0n) is 5.79. The third-order valence-electron chi connectivity index (χ3n) is 1.26. The van der Waals surface area contributed by atoms with E-state index in [-0.39, 0.29) is 5.41 Å². The molecule has 0 amide bonds. The molecule has 0 heterocycles. The summed E-state index contributed by atoms with van der Waals surface area (Å²) < 4.78 is 0. The summed E-state index contributed by atoms with van der Waals surface area (Å²) in [6, 6.07) is 9.37. The fourth-order valence-corrected chi connectivity index (χ4v) is 1.19. The molecule has 50 valence electrons. The molecule has 2 heteroatoms. The number of rotatable bonds is 2. The number of carbonyl (C=O) groups excluding carboxylic acids is 1. The van der Waals surface area contributed by atoms with Crippen LogP contribution in [0.1, 0.15) is 10.4 Å². The second-order valence-electron chi connectivity index (χ2n) is 1.95. The van der Waals surface area contributed by atoms with E-state index in [0.717, 1.165) is 5.56 Å². The highest BCUT2D eigenvalue weighted by molar-refractivity contribution is 6.76. The quantitative estimate of drug-likeness (QED) is 0.582. The van der Waals surface area contributed by atoms with Gasteiger partial charge in [0.25, 0.3) is 0 Å². The summed E-state index contributed by atoms with van der Waals surface area (Å²) in [5, 5.41) is 0.237. The van der Waals surface area contributed by atoms with Gasteiger partial charge in [0.1, 0.15) is 14.9 Å². The van der Waals surface area contributed by atoms with Crippen molar-refractivity contribution in [3.8, 4) is 0 Å². The molecule has 0 aromatic heterocycles. The lowest BCUT2D eigenvalue weighted by atomic mass is 10.2. The second kappa shape index (κ2) is 3.32. The first kappa shape index (κ1) is 7.22. The first-order valence-electron chi connectivity index (χ1n) is 3.11. The van der Waals surface area contributed by atoms with Crippen molar-refractivity contribution in [3.05, 3.63) is 35.9 Å². The van der Waals surface area contributed by atoms with Crippen LogP contribution in [-0.4, -0.2) is 14.9 Å². The van der Waals surface area contributed by atoms with E-state index in [2.05, 4.69) is 0 Å². The van der Waals surface area contributed by atoms with Crippen LogP contribution >= 0.6 is 0 Å². The van der Waals surface area contributed by atoms with E-state index in [4.69, 9.17) is 0 Å². The SMILES string of the molecule is C[Si]C(=O)c1ccccc1. The van der Waals surface area contributed by atoms with Crippen molar-refractivity contribution in [2.75, 3.05) is 0 Å². The van der Waals surface area contributed by atoms with Crippen LogP contribution in [-0.2, 0) is 0 Å². The van der Waals surface area contributed by atoms with Crippen molar-refractivity contribution in [3.63, 3.8) is 0 Å². The Balaban J connectivity index is 2.85. The molecule has 1 rings (SSSR count). The van der Waals surface area contributed by atoms with Crippen LogP contribution in [0.2, 0.25) is 6.55 Å². The van der Waals surface area contributed by atoms with Gasteiger partial charge in [-0.2, -0.15) is 0 Å². The van der Waals surface area contributed by atoms with Gasteiger partial charge < -0.3 is 4.79 Å². The molecule has 1 nitrogen and oxygen atoms in total. The lowest BCUT2D eigenvalue weighted by molar-refractivity contribution is 0.107. The van der Waals surface area contributed by atoms with Crippen molar-refractivity contribution in [1.82, 2.24) is 0 Å². The van der Waals surface area contributed by atoms with Crippen molar-refractivity contribution in [1.29, 1.82) is 0 Å². The van der Waals surface area contributed by atoms with Gasteiger partial charge in [0.2, 0.25) is 0 Å². The van der Waals surface area contributed by atoms with Crippen molar-refractivity contribution >= 4 is 14.9 Å². The van der Waals surface area contributed by atoms with Gasteiger partial charge >= 0.3 is 0 Å². The van der Waals surface area contributed by atoms with E-state index < -0.39 is 0 Å². The van der Waals surface area contributed by atoms with E-state index >= 15 is 0 Å². The molecule has 0 spiro atoms. The van der Waals surface area contributed by atoms with E-state index in [0.29, 0.717) is 9.52 Å². The average Bonchev–Trinajstić information content (AvgIpc) is 2.05. The maximum absolute atomic E-state index is 11.0. The molecule has 10 heavy (non-hydrogen) atoms. The van der Waals surface area contributed by atoms with Crippen molar-refractivity contribution in [2.45, 2.75) is 6.55 Å². The third-order valence-corrected chi connectivity index (χ3v) is 2.01. The molecule has 1 aromatic rings. The van der Waals surface area contributed by atoms with Gasteiger partial charge in [0.05, 0.1) is 0 Å². The Morgan fingerprint density at radius 2 is 1.90 bits per heavy atom. The smallest absolute Gasteiger partial charge is 0.136 e. The van der Waals surface area contributed by atoms with E-state index in [9.17, 15) is 4.79 Å². The lowest BCUT2D eigenvalue weighted by Crippen LogP contribution is -2.04. The minimum atomic E-state index is 0.237. The number of carbonyl (C=O) groups is 1. The van der Waals surface area contributed by atoms with Crippen LogP contribution in [0.15, 0.2) is 30.3 Å². The fraction of sp³-hybridized carbons (Fsp3) is 0.125. The molecule has 0 aliphatic rings. The summed E-state index contributed by atoms with van der Waals surface area (Å²) in [7, 11) is 0.370. The normalized spacial score (nSPS) is 9.30. The summed E-state index contributed by atoms with van der Waals surface area (Å²) >= 11 is 0. The van der Waals surface area contributed by atoms with E-state index in [1.807, 2.05) is 36.9 Å². The van der Waals surface area contributed by atoms with Crippen LogP contribution in [0.4, 0.5) is 0 Å². The van der Waals surface area contributed by atoms with Gasteiger partial charge in [0, 0.05) is 5.56 Å². The molecule has 0 fully saturated rings. The highest BCUT2D eigenvalue weighted by atomic mass is 28.2. The highest BCUT2D eigenvalue weighted by Crippen LogP contribution is 1.97. The summed E-state index contributed by atoms with van der Waals surface area (Å²) in [5.74, 6) is 0. The fourth-order valence-electron chi connectivity index (χ4n) is 0.734. The van der Waals surface area contributed by atoms with E-state index in [1.165, 1.54) is 0 Å². The Morgan fingerprint density at radius 1 is 1.30 bits per heavy atom. The van der Waals surface area contributed by atoms with Gasteiger partial charge in [-0.25, -0.2) is 0 Å². The minimum Gasteiger partial charge on any atom is -0.301 e. The largest absolute Gasteiger partial charge is 0.301 e. The third kappa shape index (κ3) is 1.54. The van der Waals surface area contributed by atoms with Crippen LogP contribution in [0.5, 0.6) is 0 Å². The first-order valence-corrected chi connectivity index (χ1v) is 4.61. The van der Waals surface area contributed by atoms with Crippen LogP contribution in [0, 0.1) is 0 Å². The van der Waals surface area contributed by atoms with Crippen molar-refractivity contribution < 1.29 is 4.79 Å². The Kier molecular flexibility index (Phi) is 2.40. The number of benzene rings is 1. The van der Waals surface area contributed by atoms with Crippen molar-refractivity contribution in [2.24, 2.45) is 0 Å². The molecule has 0 saturated carbocycles. The van der Waals surface area contributed by atoms with Crippen LogP contribution < -0.4 is 0 Å². The minimum absolute atomic E-state index is 0.237. The molecular formula is C8H8OSi. The zero-order valence-corrected chi connectivity index (χ0v) is 6.79. The summed E-state index contributed by atoms with van der Waals surface area (Å²) in [5.41, 5.74) is 0.823. The van der Waals surface area contributed by atoms with Gasteiger partial charge in [0.15, 0.2) is 0 Å². The Hall–Kier alpha value is -0.893. The monoisotopic (exact) mass is 148 g/mol. The van der Waals surface area contributed by atoms with Gasteiger partial charge in [-0.15, -0.1) is 0 Å². The molecule has 0 bridgehead atoms. The standard InChI is InChI=1S/C8H8OSi/c1-10-8(9)7-5-3-2-4-6-7/h2-6H,1H3. The molecule has 1 aromatic carbocycles. The number of hydrogen-bond donors (Lipinski definition) is 0. The molecule has 0 aliphatic heterocycles. The molecule has 0 unspecified atom stereocenters. The van der Waals surface area contributed by atoms with Gasteiger partial charge in [-0.1, -0.05) is 36.9 Å². The predicted octanol–water partition coefficient (Wildman–Crippen LogP) is 1.58.